The molecule has 156 valence electrons. The van der Waals surface area contributed by atoms with E-state index in [9.17, 15) is 18.0 Å². The summed E-state index contributed by atoms with van der Waals surface area (Å²) in [5.41, 5.74) is 2.37. The molecule has 2 heterocycles. The summed E-state index contributed by atoms with van der Waals surface area (Å²) in [5, 5.41) is 12.8. The zero-order valence-electron chi connectivity index (χ0n) is 15.9. The number of hydrogen-bond acceptors (Lipinski definition) is 4. The van der Waals surface area contributed by atoms with Crippen LogP contribution in [0.2, 0.25) is 5.02 Å². The number of aryl methyl sites for hydroxylation is 2. The normalized spacial score (nSPS) is 13.8. The third kappa shape index (κ3) is 3.80. The van der Waals surface area contributed by atoms with Gasteiger partial charge in [0.25, 0.3) is 10.0 Å². The van der Waals surface area contributed by atoms with E-state index in [1.807, 2.05) is 0 Å². The van der Waals surface area contributed by atoms with Crippen molar-refractivity contribution in [2.24, 2.45) is 0 Å². The maximum atomic E-state index is 13.6. The van der Waals surface area contributed by atoms with Gasteiger partial charge < -0.3 is 10.4 Å². The van der Waals surface area contributed by atoms with Gasteiger partial charge in [0.2, 0.25) is 5.91 Å². The molecule has 0 radical (unpaired) electrons. The van der Waals surface area contributed by atoms with E-state index in [2.05, 4.69) is 5.32 Å². The number of hydrogen-bond donors (Lipinski definition) is 2. The highest BCUT2D eigenvalue weighted by Crippen LogP contribution is 2.31. The van der Waals surface area contributed by atoms with E-state index in [0.717, 1.165) is 5.56 Å². The fraction of sp³-hybridized carbons (Fsp3) is 0.238. The Labute approximate surface area is 178 Å². The Morgan fingerprint density at radius 1 is 1.13 bits per heavy atom. The molecule has 0 saturated heterocycles. The molecule has 1 aromatic heterocycles. The maximum absolute atomic E-state index is 13.6. The number of fused-ring (bicyclic) bond motifs is 2. The third-order valence-corrected chi connectivity index (χ3v) is 7.12. The number of rotatable bonds is 6. The van der Waals surface area contributed by atoms with Crippen molar-refractivity contribution in [2.45, 2.75) is 37.0 Å². The number of nitrogens with zero attached hydrogens (tertiary/aromatic N) is 1. The molecule has 0 saturated carbocycles. The van der Waals surface area contributed by atoms with E-state index >= 15 is 0 Å². The summed E-state index contributed by atoms with van der Waals surface area (Å²) < 4.78 is 28.4. The van der Waals surface area contributed by atoms with Crippen LogP contribution in [0.15, 0.2) is 47.4 Å². The molecule has 2 aromatic carbocycles. The van der Waals surface area contributed by atoms with E-state index in [-0.39, 0.29) is 17.2 Å². The second-order valence-corrected chi connectivity index (χ2v) is 9.45. The number of amides is 1. The molecule has 0 spiro atoms. The van der Waals surface area contributed by atoms with Gasteiger partial charge in [-0.25, -0.2) is 12.4 Å². The van der Waals surface area contributed by atoms with Crippen molar-refractivity contribution in [1.29, 1.82) is 0 Å². The molecule has 1 aliphatic heterocycles. The van der Waals surface area contributed by atoms with Gasteiger partial charge in [-0.1, -0.05) is 11.6 Å². The molecular formula is C21H19ClN2O5S. The number of halogens is 1. The summed E-state index contributed by atoms with van der Waals surface area (Å²) in [4.78, 5) is 22.6. The molecule has 0 unspecified atom stereocenters. The van der Waals surface area contributed by atoms with E-state index in [0.29, 0.717) is 53.0 Å². The number of carboxylic acids is 1. The molecule has 30 heavy (non-hydrogen) atoms. The lowest BCUT2D eigenvalue weighted by molar-refractivity contribution is -0.137. The van der Waals surface area contributed by atoms with Crippen LogP contribution >= 0.6 is 11.6 Å². The largest absolute Gasteiger partial charge is 0.481 e. The second-order valence-electron chi connectivity index (χ2n) is 7.22. The van der Waals surface area contributed by atoms with Crippen molar-refractivity contribution in [3.63, 3.8) is 0 Å². The first-order valence-electron chi connectivity index (χ1n) is 9.46. The van der Waals surface area contributed by atoms with Crippen molar-refractivity contribution >= 4 is 50.1 Å². The predicted octanol–water partition coefficient (Wildman–Crippen LogP) is 3.82. The minimum absolute atomic E-state index is 0.0547. The van der Waals surface area contributed by atoms with Crippen LogP contribution in [0, 0.1) is 0 Å². The molecule has 4 rings (SSSR count). The first-order chi connectivity index (χ1) is 14.3. The molecule has 0 bridgehead atoms. The fourth-order valence-corrected chi connectivity index (χ4v) is 5.52. The molecule has 1 amide bonds. The van der Waals surface area contributed by atoms with Crippen molar-refractivity contribution in [2.75, 3.05) is 5.32 Å². The first kappa shape index (κ1) is 20.4. The van der Waals surface area contributed by atoms with Gasteiger partial charge in [-0.05, 0) is 67.3 Å². The average Bonchev–Trinajstić information content (AvgIpc) is 3.05. The number of aliphatic carboxylic acids is 1. The maximum Gasteiger partial charge on any atom is 0.303 e. The van der Waals surface area contributed by atoms with Crippen molar-refractivity contribution in [3.05, 3.63) is 58.7 Å². The molecule has 9 heteroatoms. The Kier molecular flexibility index (Phi) is 5.29. The second kappa shape index (κ2) is 7.77. The monoisotopic (exact) mass is 446 g/mol. The molecule has 1 aliphatic rings. The van der Waals surface area contributed by atoms with Gasteiger partial charge in [0, 0.05) is 34.6 Å². The van der Waals surface area contributed by atoms with E-state index < -0.39 is 16.0 Å². The summed E-state index contributed by atoms with van der Waals surface area (Å²) in [6, 6.07) is 11.4. The Hall–Kier alpha value is -2.84. The molecule has 7 nitrogen and oxygen atoms in total. The van der Waals surface area contributed by atoms with Crippen LogP contribution in [0.3, 0.4) is 0 Å². The number of aromatic nitrogens is 1. The van der Waals surface area contributed by atoms with Gasteiger partial charge in [0.05, 0.1) is 10.4 Å². The van der Waals surface area contributed by atoms with Gasteiger partial charge >= 0.3 is 5.97 Å². The number of carboxylic acid groups (broad SMARTS) is 1. The molecule has 0 aliphatic carbocycles. The van der Waals surface area contributed by atoms with Gasteiger partial charge in [-0.3, -0.25) is 9.59 Å². The van der Waals surface area contributed by atoms with E-state index in [4.69, 9.17) is 16.7 Å². The van der Waals surface area contributed by atoms with Crippen LogP contribution in [0.4, 0.5) is 5.69 Å². The summed E-state index contributed by atoms with van der Waals surface area (Å²) in [7, 11) is -3.95. The highest BCUT2D eigenvalue weighted by atomic mass is 35.5. The van der Waals surface area contributed by atoms with Gasteiger partial charge in [-0.15, -0.1) is 0 Å². The molecule has 2 N–H and O–H groups in total. The van der Waals surface area contributed by atoms with Gasteiger partial charge in [-0.2, -0.15) is 0 Å². The SMILES string of the molecule is O=C(O)CCCc1cc2cc(Cl)ccc2n1S(=O)(=O)c1ccc2c(c1)CCC(=O)N2. The Morgan fingerprint density at radius 2 is 1.93 bits per heavy atom. The van der Waals surface area contributed by atoms with Crippen molar-refractivity contribution < 1.29 is 23.1 Å². The number of carbonyl (C=O) groups is 2. The Balaban J connectivity index is 1.82. The van der Waals surface area contributed by atoms with Gasteiger partial charge in [0.15, 0.2) is 0 Å². The molecular weight excluding hydrogens is 428 g/mol. The van der Waals surface area contributed by atoms with Gasteiger partial charge in [0.1, 0.15) is 0 Å². The van der Waals surface area contributed by atoms with Crippen LogP contribution in [-0.2, 0) is 32.5 Å². The number of anilines is 1. The van der Waals surface area contributed by atoms with Crippen molar-refractivity contribution in [1.82, 2.24) is 3.97 Å². The highest BCUT2D eigenvalue weighted by Gasteiger charge is 2.25. The predicted molar refractivity (Wildman–Crippen MR) is 113 cm³/mol. The van der Waals surface area contributed by atoms with E-state index in [1.165, 1.54) is 10.0 Å². The summed E-state index contributed by atoms with van der Waals surface area (Å²) in [5.74, 6) is -1.02. The van der Waals surface area contributed by atoms with E-state index in [1.54, 1.807) is 36.4 Å². The molecule has 0 atom stereocenters. The summed E-state index contributed by atoms with van der Waals surface area (Å²) in [6.07, 6.45) is 1.32. The Bertz CT molecular complexity index is 1280. The van der Waals surface area contributed by atoms with Crippen LogP contribution < -0.4 is 5.32 Å². The highest BCUT2D eigenvalue weighted by molar-refractivity contribution is 7.90. The zero-order chi connectivity index (χ0) is 21.5. The van der Waals surface area contributed by atoms with Crippen molar-refractivity contribution in [3.8, 4) is 0 Å². The lowest BCUT2D eigenvalue weighted by Gasteiger charge is -2.18. The smallest absolute Gasteiger partial charge is 0.303 e. The minimum atomic E-state index is -3.95. The topological polar surface area (TPSA) is 105 Å². The van der Waals surface area contributed by atoms with Crippen LogP contribution in [-0.4, -0.2) is 29.4 Å². The number of benzene rings is 2. The zero-order valence-corrected chi connectivity index (χ0v) is 17.5. The number of nitrogens with one attached hydrogen (secondary N) is 1. The molecule has 0 fully saturated rings. The lowest BCUT2D eigenvalue weighted by Crippen LogP contribution is -2.20. The third-order valence-electron chi connectivity index (χ3n) is 5.13. The van der Waals surface area contributed by atoms with Crippen LogP contribution in [0.1, 0.15) is 30.5 Å². The fourth-order valence-electron chi connectivity index (χ4n) is 3.72. The summed E-state index contributed by atoms with van der Waals surface area (Å²) >= 11 is 6.08. The number of carbonyl (C=O) groups excluding carboxylic acids is 1. The Morgan fingerprint density at radius 3 is 2.70 bits per heavy atom. The summed E-state index contributed by atoms with van der Waals surface area (Å²) in [6.45, 7) is 0. The lowest BCUT2D eigenvalue weighted by atomic mass is 10.0. The minimum Gasteiger partial charge on any atom is -0.481 e. The average molecular weight is 447 g/mol. The quantitative estimate of drug-likeness (QED) is 0.598. The standard InChI is InChI=1S/C21H19ClN2O5S/c22-15-5-8-19-14(10-15)11-16(2-1-3-21(26)27)24(19)30(28,29)17-6-7-18-13(12-17)4-9-20(25)23-18/h5-8,10-12H,1-4,9H2,(H,23,25)(H,26,27). The van der Waals surface area contributed by atoms with Crippen LogP contribution in [0.25, 0.3) is 10.9 Å². The molecule has 3 aromatic rings. The first-order valence-corrected chi connectivity index (χ1v) is 11.3. The van der Waals surface area contributed by atoms with Crippen LogP contribution in [0.5, 0.6) is 0 Å².